The van der Waals surface area contributed by atoms with Crippen LogP contribution in [0.25, 0.3) is 10.9 Å². The van der Waals surface area contributed by atoms with Crippen LogP contribution in [0.2, 0.25) is 0 Å². The second kappa shape index (κ2) is 7.68. The molecule has 2 N–H and O–H groups in total. The van der Waals surface area contributed by atoms with E-state index in [9.17, 15) is 9.59 Å². The number of amides is 2. The molecule has 0 spiro atoms. The lowest BCUT2D eigenvalue weighted by Gasteiger charge is -2.19. The maximum Gasteiger partial charge on any atom is 0.412 e. The van der Waals surface area contributed by atoms with Gasteiger partial charge in [0.05, 0.1) is 11.2 Å². The van der Waals surface area contributed by atoms with Crippen LogP contribution in [0, 0.1) is 6.92 Å². The van der Waals surface area contributed by atoms with Crippen LogP contribution in [-0.4, -0.2) is 22.6 Å². The van der Waals surface area contributed by atoms with E-state index in [4.69, 9.17) is 4.74 Å². The Morgan fingerprint density at radius 2 is 1.64 bits per heavy atom. The Kier molecular flexibility index (Phi) is 5.31. The van der Waals surface area contributed by atoms with Crippen LogP contribution < -0.4 is 10.6 Å². The highest BCUT2D eigenvalue weighted by Gasteiger charge is 2.16. The van der Waals surface area contributed by atoms with Gasteiger partial charge in [0.2, 0.25) is 0 Å². The van der Waals surface area contributed by atoms with Gasteiger partial charge in [0, 0.05) is 22.3 Å². The zero-order valence-electron chi connectivity index (χ0n) is 16.4. The van der Waals surface area contributed by atoms with Crippen LogP contribution in [0.3, 0.4) is 0 Å². The number of aromatic nitrogens is 1. The number of aryl methyl sites for hydroxylation is 1. The standard InChI is InChI=1S/C22H23N3O3/c1-14-13-19(17-7-5-6-8-18(17)23-14)25-20(26)15-9-11-16(12-10-15)24-21(27)28-22(2,3)4/h5-13H,1-4H3,(H,24,27)(H,23,25,26). The van der Waals surface area contributed by atoms with E-state index in [1.807, 2.05) is 37.3 Å². The number of pyridine rings is 1. The quantitative estimate of drug-likeness (QED) is 0.662. The third-order valence-electron chi connectivity index (χ3n) is 3.88. The summed E-state index contributed by atoms with van der Waals surface area (Å²) < 4.78 is 5.22. The van der Waals surface area contributed by atoms with Crippen molar-refractivity contribution < 1.29 is 14.3 Å². The molecule has 1 aromatic heterocycles. The Hall–Kier alpha value is -3.41. The van der Waals surface area contributed by atoms with Crippen LogP contribution in [0.4, 0.5) is 16.2 Å². The van der Waals surface area contributed by atoms with Crippen LogP contribution >= 0.6 is 0 Å². The summed E-state index contributed by atoms with van der Waals surface area (Å²) in [6.45, 7) is 7.28. The van der Waals surface area contributed by atoms with E-state index >= 15 is 0 Å². The van der Waals surface area contributed by atoms with Crippen molar-refractivity contribution in [2.45, 2.75) is 33.3 Å². The van der Waals surface area contributed by atoms with Gasteiger partial charge in [0.1, 0.15) is 5.60 Å². The summed E-state index contributed by atoms with van der Waals surface area (Å²) in [7, 11) is 0. The number of nitrogens with zero attached hydrogens (tertiary/aromatic N) is 1. The van der Waals surface area contributed by atoms with Gasteiger partial charge < -0.3 is 10.1 Å². The summed E-state index contributed by atoms with van der Waals surface area (Å²) in [6.07, 6.45) is -0.538. The van der Waals surface area contributed by atoms with E-state index < -0.39 is 11.7 Å². The molecule has 1 heterocycles. The highest BCUT2D eigenvalue weighted by molar-refractivity contribution is 6.08. The van der Waals surface area contributed by atoms with Crippen molar-refractivity contribution in [1.29, 1.82) is 0 Å². The molecule has 2 aromatic carbocycles. The number of fused-ring (bicyclic) bond motifs is 1. The fourth-order valence-corrected chi connectivity index (χ4v) is 2.73. The van der Waals surface area contributed by atoms with Crippen molar-refractivity contribution in [3.8, 4) is 0 Å². The number of carbonyl (C=O) groups is 2. The fraction of sp³-hybridized carbons (Fsp3) is 0.227. The molecule has 6 heteroatoms. The summed E-state index contributed by atoms with van der Waals surface area (Å²) in [4.78, 5) is 28.9. The summed E-state index contributed by atoms with van der Waals surface area (Å²) in [5.74, 6) is -0.237. The Morgan fingerprint density at radius 1 is 0.964 bits per heavy atom. The molecule has 3 rings (SSSR count). The highest BCUT2D eigenvalue weighted by Crippen LogP contribution is 2.23. The summed E-state index contributed by atoms with van der Waals surface area (Å²) in [5, 5.41) is 6.47. The van der Waals surface area contributed by atoms with Gasteiger partial charge in [-0.1, -0.05) is 18.2 Å². The first kappa shape index (κ1) is 19.4. The molecular formula is C22H23N3O3. The van der Waals surface area contributed by atoms with Crippen molar-refractivity contribution in [2.75, 3.05) is 10.6 Å². The number of anilines is 2. The highest BCUT2D eigenvalue weighted by atomic mass is 16.6. The zero-order valence-corrected chi connectivity index (χ0v) is 16.4. The second-order valence-electron chi connectivity index (χ2n) is 7.49. The van der Waals surface area contributed by atoms with Gasteiger partial charge >= 0.3 is 6.09 Å². The molecule has 0 aliphatic carbocycles. The lowest BCUT2D eigenvalue weighted by Crippen LogP contribution is -2.27. The molecule has 144 valence electrons. The van der Waals surface area contributed by atoms with Gasteiger partial charge in [-0.3, -0.25) is 15.1 Å². The SMILES string of the molecule is Cc1cc(NC(=O)c2ccc(NC(=O)OC(C)(C)C)cc2)c2ccccc2n1. The fourth-order valence-electron chi connectivity index (χ4n) is 2.73. The molecule has 0 saturated carbocycles. The lowest BCUT2D eigenvalue weighted by molar-refractivity contribution is 0.0636. The smallest absolute Gasteiger partial charge is 0.412 e. The van der Waals surface area contributed by atoms with Crippen LogP contribution in [0.5, 0.6) is 0 Å². The Labute approximate surface area is 163 Å². The predicted octanol–water partition coefficient (Wildman–Crippen LogP) is 5.14. The van der Waals surface area contributed by atoms with Crippen LogP contribution in [0.15, 0.2) is 54.6 Å². The average Bonchev–Trinajstić information content (AvgIpc) is 2.60. The number of nitrogens with one attached hydrogen (secondary N) is 2. The number of benzene rings is 2. The van der Waals surface area contributed by atoms with Crippen molar-refractivity contribution in [3.63, 3.8) is 0 Å². The van der Waals surface area contributed by atoms with Gasteiger partial charge in [-0.05, 0) is 64.1 Å². The van der Waals surface area contributed by atoms with E-state index in [1.54, 1.807) is 45.0 Å². The first-order valence-electron chi connectivity index (χ1n) is 8.99. The van der Waals surface area contributed by atoms with E-state index in [0.29, 0.717) is 16.9 Å². The third kappa shape index (κ3) is 4.85. The minimum absolute atomic E-state index is 0.237. The third-order valence-corrected chi connectivity index (χ3v) is 3.88. The number of carbonyl (C=O) groups excluding carboxylic acids is 2. The molecule has 0 atom stereocenters. The van der Waals surface area contributed by atoms with Gasteiger partial charge in [0.15, 0.2) is 0 Å². The Morgan fingerprint density at radius 3 is 2.32 bits per heavy atom. The minimum atomic E-state index is -0.574. The van der Waals surface area contributed by atoms with E-state index in [2.05, 4.69) is 15.6 Å². The Balaban J connectivity index is 1.73. The molecule has 0 fully saturated rings. The molecule has 0 radical (unpaired) electrons. The van der Waals surface area contributed by atoms with E-state index in [1.165, 1.54) is 0 Å². The second-order valence-corrected chi connectivity index (χ2v) is 7.49. The average molecular weight is 377 g/mol. The monoisotopic (exact) mass is 377 g/mol. The van der Waals surface area contributed by atoms with Gasteiger partial charge in [-0.2, -0.15) is 0 Å². The van der Waals surface area contributed by atoms with Crippen molar-refractivity contribution >= 4 is 34.3 Å². The lowest BCUT2D eigenvalue weighted by atomic mass is 10.1. The maximum absolute atomic E-state index is 12.6. The largest absolute Gasteiger partial charge is 0.444 e. The normalized spacial score (nSPS) is 11.1. The predicted molar refractivity (Wildman–Crippen MR) is 111 cm³/mol. The van der Waals surface area contributed by atoms with Crippen LogP contribution in [-0.2, 0) is 4.74 Å². The summed E-state index contributed by atoms with van der Waals surface area (Å²) in [5.41, 5.74) is 2.82. The first-order chi connectivity index (χ1) is 13.2. The number of rotatable bonds is 3. The van der Waals surface area contributed by atoms with Gasteiger partial charge in [-0.15, -0.1) is 0 Å². The molecule has 0 unspecified atom stereocenters. The molecule has 0 bridgehead atoms. The van der Waals surface area contributed by atoms with Gasteiger partial charge in [0.25, 0.3) is 5.91 Å². The number of ether oxygens (including phenoxy) is 1. The summed E-state index contributed by atoms with van der Waals surface area (Å²) in [6, 6.07) is 16.1. The van der Waals surface area contributed by atoms with Gasteiger partial charge in [-0.25, -0.2) is 4.79 Å². The number of hydrogen-bond donors (Lipinski definition) is 2. The zero-order chi connectivity index (χ0) is 20.3. The van der Waals surface area contributed by atoms with E-state index in [0.717, 1.165) is 16.6 Å². The summed E-state index contributed by atoms with van der Waals surface area (Å²) >= 11 is 0. The maximum atomic E-state index is 12.6. The Bertz CT molecular complexity index is 1020. The molecule has 0 saturated heterocycles. The van der Waals surface area contributed by atoms with Crippen molar-refractivity contribution in [1.82, 2.24) is 4.98 Å². The van der Waals surface area contributed by atoms with Crippen molar-refractivity contribution in [3.05, 3.63) is 65.9 Å². The number of para-hydroxylation sites is 1. The first-order valence-corrected chi connectivity index (χ1v) is 8.99. The van der Waals surface area contributed by atoms with E-state index in [-0.39, 0.29) is 5.91 Å². The topological polar surface area (TPSA) is 80.3 Å². The minimum Gasteiger partial charge on any atom is -0.444 e. The van der Waals surface area contributed by atoms with Crippen molar-refractivity contribution in [2.24, 2.45) is 0 Å². The molecule has 2 amide bonds. The molecule has 28 heavy (non-hydrogen) atoms. The van der Waals surface area contributed by atoms with Crippen LogP contribution in [0.1, 0.15) is 36.8 Å². The molecule has 6 nitrogen and oxygen atoms in total. The molecule has 0 aliphatic heterocycles. The molecule has 0 aliphatic rings. The number of hydrogen-bond acceptors (Lipinski definition) is 4. The molecule has 3 aromatic rings. The molecular weight excluding hydrogens is 354 g/mol.